The number of halogens is 1. The van der Waals surface area contributed by atoms with E-state index in [1.54, 1.807) is 18.2 Å². The second-order valence-electron chi connectivity index (χ2n) is 5.42. The van der Waals surface area contributed by atoms with Gasteiger partial charge in [-0.05, 0) is 48.7 Å². The van der Waals surface area contributed by atoms with Gasteiger partial charge in [-0.15, -0.1) is 0 Å². The average Bonchev–Trinajstić information content (AvgIpc) is 2.61. The third-order valence-corrected chi connectivity index (χ3v) is 3.95. The Hall–Kier alpha value is -2.53. The van der Waals surface area contributed by atoms with E-state index in [0.29, 0.717) is 10.8 Å². The van der Waals surface area contributed by atoms with Gasteiger partial charge in [0, 0.05) is 10.7 Å². The van der Waals surface area contributed by atoms with Crippen molar-refractivity contribution in [1.29, 1.82) is 0 Å². The Bertz CT molecular complexity index is 761. The Labute approximate surface area is 151 Å². The largest absolute Gasteiger partial charge is 0.482 e. The van der Waals surface area contributed by atoms with Crippen LogP contribution in [-0.2, 0) is 20.7 Å². The van der Waals surface area contributed by atoms with Crippen molar-refractivity contribution >= 4 is 29.2 Å². The van der Waals surface area contributed by atoms with Crippen LogP contribution in [0.25, 0.3) is 0 Å². The average molecular weight is 362 g/mol. The van der Waals surface area contributed by atoms with Crippen molar-refractivity contribution < 1.29 is 19.1 Å². The minimum Gasteiger partial charge on any atom is -0.482 e. The van der Waals surface area contributed by atoms with E-state index in [1.807, 2.05) is 38.1 Å². The lowest BCUT2D eigenvalue weighted by atomic mass is 10.1. The summed E-state index contributed by atoms with van der Waals surface area (Å²) in [6.45, 7) is 3.20. The van der Waals surface area contributed by atoms with Crippen LogP contribution in [0.2, 0.25) is 5.02 Å². The number of para-hydroxylation sites is 1. The lowest BCUT2D eigenvalue weighted by Gasteiger charge is -2.10. The molecule has 0 aliphatic rings. The summed E-state index contributed by atoms with van der Waals surface area (Å²) in [7, 11) is 0. The molecule has 25 heavy (non-hydrogen) atoms. The van der Waals surface area contributed by atoms with Crippen molar-refractivity contribution in [3.05, 3.63) is 58.6 Å². The maximum absolute atomic E-state index is 11.9. The van der Waals surface area contributed by atoms with Crippen LogP contribution < -0.4 is 10.1 Å². The van der Waals surface area contributed by atoms with E-state index in [4.69, 9.17) is 21.1 Å². The molecular weight excluding hydrogens is 342 g/mol. The molecule has 0 heterocycles. The molecule has 0 saturated heterocycles. The van der Waals surface area contributed by atoms with E-state index in [0.717, 1.165) is 23.2 Å². The molecule has 0 aliphatic heterocycles. The minimum atomic E-state index is -0.619. The summed E-state index contributed by atoms with van der Waals surface area (Å²) in [4.78, 5) is 23.6. The fourth-order valence-corrected chi connectivity index (χ4v) is 2.29. The molecule has 5 nitrogen and oxygen atoms in total. The molecule has 0 unspecified atom stereocenters. The molecule has 0 radical (unpaired) electrons. The molecule has 2 aromatic rings. The smallest absolute Gasteiger partial charge is 0.344 e. The monoisotopic (exact) mass is 361 g/mol. The van der Waals surface area contributed by atoms with Crippen molar-refractivity contribution in [2.45, 2.75) is 20.3 Å². The van der Waals surface area contributed by atoms with Gasteiger partial charge in [0.15, 0.2) is 13.2 Å². The quantitative estimate of drug-likeness (QED) is 0.762. The minimum absolute atomic E-state index is 0.278. The predicted octanol–water partition coefficient (Wildman–Crippen LogP) is 3.77. The summed E-state index contributed by atoms with van der Waals surface area (Å²) in [5.41, 5.74) is 2.59. The lowest BCUT2D eigenvalue weighted by molar-refractivity contribution is -0.149. The van der Waals surface area contributed by atoms with E-state index >= 15 is 0 Å². The van der Waals surface area contributed by atoms with Gasteiger partial charge in [-0.1, -0.05) is 36.7 Å². The molecule has 1 amide bonds. The maximum Gasteiger partial charge on any atom is 0.344 e. The van der Waals surface area contributed by atoms with Gasteiger partial charge in [0.1, 0.15) is 5.75 Å². The number of hydrogen-bond donors (Lipinski definition) is 1. The number of carbonyl (C=O) groups excluding carboxylic acids is 2. The second kappa shape index (κ2) is 9.08. The number of ether oxygens (including phenoxy) is 2. The zero-order valence-corrected chi connectivity index (χ0v) is 14.9. The van der Waals surface area contributed by atoms with Crippen LogP contribution in [0.5, 0.6) is 5.75 Å². The number of hydrogen-bond acceptors (Lipinski definition) is 4. The van der Waals surface area contributed by atoms with Crippen LogP contribution in [0.3, 0.4) is 0 Å². The first-order chi connectivity index (χ1) is 12.0. The molecule has 0 bridgehead atoms. The number of anilines is 1. The summed E-state index contributed by atoms with van der Waals surface area (Å²) < 4.78 is 10.2. The first-order valence-corrected chi connectivity index (χ1v) is 8.29. The fraction of sp³-hybridized carbons (Fsp3) is 0.263. The highest BCUT2D eigenvalue weighted by molar-refractivity contribution is 6.31. The fourth-order valence-electron chi connectivity index (χ4n) is 2.17. The van der Waals surface area contributed by atoms with Crippen LogP contribution in [-0.4, -0.2) is 25.1 Å². The third kappa shape index (κ3) is 5.80. The molecule has 0 saturated carbocycles. The molecule has 2 aromatic carbocycles. The number of benzene rings is 2. The van der Waals surface area contributed by atoms with Crippen LogP contribution in [0, 0.1) is 6.92 Å². The topological polar surface area (TPSA) is 64.6 Å². The van der Waals surface area contributed by atoms with Crippen molar-refractivity contribution in [1.82, 2.24) is 0 Å². The van der Waals surface area contributed by atoms with Gasteiger partial charge in [-0.25, -0.2) is 4.79 Å². The second-order valence-corrected chi connectivity index (χ2v) is 5.83. The van der Waals surface area contributed by atoms with Gasteiger partial charge >= 0.3 is 5.97 Å². The molecular formula is C19H20ClNO4. The molecule has 132 valence electrons. The molecule has 6 heteroatoms. The van der Waals surface area contributed by atoms with Gasteiger partial charge in [-0.3, -0.25) is 4.79 Å². The number of esters is 1. The van der Waals surface area contributed by atoms with Crippen molar-refractivity contribution in [2.75, 3.05) is 18.5 Å². The predicted molar refractivity (Wildman–Crippen MR) is 97.1 cm³/mol. The van der Waals surface area contributed by atoms with E-state index in [1.165, 1.54) is 0 Å². The number of carbonyl (C=O) groups is 2. The van der Waals surface area contributed by atoms with Gasteiger partial charge in [0.05, 0.1) is 0 Å². The summed E-state index contributed by atoms with van der Waals surface area (Å²) in [5, 5.41) is 3.36. The molecule has 2 rings (SSSR count). The summed E-state index contributed by atoms with van der Waals surface area (Å²) in [6.07, 6.45) is 0.796. The first-order valence-electron chi connectivity index (χ1n) is 7.92. The van der Waals surface area contributed by atoms with Gasteiger partial charge in [0.25, 0.3) is 5.91 Å². The van der Waals surface area contributed by atoms with E-state index < -0.39 is 11.9 Å². The SMILES string of the molecule is CCc1ccccc1NC(=O)COC(=O)COc1ccc(Cl)c(C)c1. The molecule has 0 fully saturated rings. The first kappa shape index (κ1) is 18.8. The Morgan fingerprint density at radius 3 is 2.60 bits per heavy atom. The van der Waals surface area contributed by atoms with Crippen LogP contribution >= 0.6 is 11.6 Å². The Kier molecular flexibility index (Phi) is 6.83. The van der Waals surface area contributed by atoms with Crippen molar-refractivity contribution in [2.24, 2.45) is 0 Å². The molecule has 0 atom stereocenters. The zero-order valence-electron chi connectivity index (χ0n) is 14.2. The van der Waals surface area contributed by atoms with Gasteiger partial charge < -0.3 is 14.8 Å². The Morgan fingerprint density at radius 1 is 1.12 bits per heavy atom. The van der Waals surface area contributed by atoms with Crippen LogP contribution in [0.15, 0.2) is 42.5 Å². The number of aryl methyl sites for hydroxylation is 2. The normalized spacial score (nSPS) is 10.2. The van der Waals surface area contributed by atoms with Crippen LogP contribution in [0.1, 0.15) is 18.1 Å². The molecule has 0 aromatic heterocycles. The maximum atomic E-state index is 11.9. The number of nitrogens with one attached hydrogen (secondary N) is 1. The summed E-state index contributed by atoms with van der Waals surface area (Å²) >= 11 is 5.92. The zero-order chi connectivity index (χ0) is 18.2. The van der Waals surface area contributed by atoms with Gasteiger partial charge in [-0.2, -0.15) is 0 Å². The highest BCUT2D eigenvalue weighted by atomic mass is 35.5. The van der Waals surface area contributed by atoms with Crippen molar-refractivity contribution in [3.63, 3.8) is 0 Å². The summed E-state index contributed by atoms with van der Waals surface area (Å²) in [6, 6.07) is 12.6. The number of amides is 1. The van der Waals surface area contributed by atoms with Crippen LogP contribution in [0.4, 0.5) is 5.69 Å². The van der Waals surface area contributed by atoms with E-state index in [9.17, 15) is 9.59 Å². The lowest BCUT2D eigenvalue weighted by Crippen LogP contribution is -2.24. The molecule has 1 N–H and O–H groups in total. The Morgan fingerprint density at radius 2 is 1.88 bits per heavy atom. The van der Waals surface area contributed by atoms with Gasteiger partial charge in [0.2, 0.25) is 0 Å². The standard InChI is InChI=1S/C19H20ClNO4/c1-3-14-6-4-5-7-17(14)21-18(22)11-25-19(23)12-24-15-8-9-16(20)13(2)10-15/h4-10H,3,11-12H2,1-2H3,(H,21,22). The van der Waals surface area contributed by atoms with E-state index in [-0.39, 0.29) is 13.2 Å². The Balaban J connectivity index is 1.77. The molecule has 0 spiro atoms. The molecule has 0 aliphatic carbocycles. The highest BCUT2D eigenvalue weighted by Crippen LogP contribution is 2.21. The highest BCUT2D eigenvalue weighted by Gasteiger charge is 2.10. The van der Waals surface area contributed by atoms with E-state index in [2.05, 4.69) is 5.32 Å². The van der Waals surface area contributed by atoms with Crippen molar-refractivity contribution in [3.8, 4) is 5.75 Å². The summed E-state index contributed by atoms with van der Waals surface area (Å²) in [5.74, 6) is -0.497. The third-order valence-electron chi connectivity index (χ3n) is 3.52. The number of rotatable bonds is 7.